The minimum absolute atomic E-state index is 0.00540. The first-order valence-corrected chi connectivity index (χ1v) is 11.4. The van der Waals surface area contributed by atoms with Crippen LogP contribution in [-0.2, 0) is 19.2 Å². The van der Waals surface area contributed by atoms with Crippen molar-refractivity contribution in [3.05, 3.63) is 47.2 Å². The Morgan fingerprint density at radius 1 is 1.14 bits per heavy atom. The first kappa shape index (κ1) is 24.7. The summed E-state index contributed by atoms with van der Waals surface area (Å²) in [5, 5.41) is 27.2. The van der Waals surface area contributed by atoms with Crippen molar-refractivity contribution in [2.45, 2.75) is 19.0 Å². The molecule has 188 valence electrons. The van der Waals surface area contributed by atoms with Gasteiger partial charge in [0.05, 0.1) is 30.8 Å². The zero-order valence-corrected chi connectivity index (χ0v) is 19.5. The molecule has 0 aromatic heterocycles. The molecule has 5 amide bonds. The highest BCUT2D eigenvalue weighted by Gasteiger charge is 2.43. The van der Waals surface area contributed by atoms with Gasteiger partial charge >= 0.3 is 23.8 Å². The third-order valence-electron chi connectivity index (χ3n) is 6.33. The average molecular weight is 495 g/mol. The van der Waals surface area contributed by atoms with Gasteiger partial charge in [0.1, 0.15) is 6.04 Å². The quantitative estimate of drug-likeness (QED) is 0.420. The van der Waals surface area contributed by atoms with Gasteiger partial charge < -0.3 is 20.6 Å². The number of fused-ring (bicyclic) bond motifs is 1. The second kappa shape index (κ2) is 10.0. The summed E-state index contributed by atoms with van der Waals surface area (Å²) in [5.74, 6) is -3.52. The fourth-order valence-corrected chi connectivity index (χ4v) is 4.55. The number of aliphatic carboxylic acids is 1. The van der Waals surface area contributed by atoms with Crippen LogP contribution in [0.4, 0.5) is 4.79 Å². The van der Waals surface area contributed by atoms with E-state index in [1.807, 2.05) is 6.07 Å². The van der Waals surface area contributed by atoms with Crippen molar-refractivity contribution in [3.63, 3.8) is 0 Å². The van der Waals surface area contributed by atoms with Gasteiger partial charge in [-0.2, -0.15) is 5.26 Å². The Labute approximate surface area is 206 Å². The number of nitriles is 1. The summed E-state index contributed by atoms with van der Waals surface area (Å²) in [6.45, 7) is 2.83. The summed E-state index contributed by atoms with van der Waals surface area (Å²) >= 11 is 0. The van der Waals surface area contributed by atoms with Crippen molar-refractivity contribution < 1.29 is 29.1 Å². The number of nitrogens with one attached hydrogen (secondary N) is 2. The Morgan fingerprint density at radius 3 is 2.50 bits per heavy atom. The van der Waals surface area contributed by atoms with Crippen LogP contribution in [0.2, 0.25) is 0 Å². The smallest absolute Gasteiger partial charge is 0.354 e. The summed E-state index contributed by atoms with van der Waals surface area (Å²) in [6.07, 6.45) is 0. The van der Waals surface area contributed by atoms with Crippen molar-refractivity contribution in [3.8, 4) is 6.07 Å². The topological polar surface area (TPSA) is 166 Å². The third kappa shape index (κ3) is 4.58. The number of urea groups is 1. The van der Waals surface area contributed by atoms with Crippen LogP contribution < -0.4 is 10.6 Å². The van der Waals surface area contributed by atoms with E-state index in [1.54, 1.807) is 42.3 Å². The number of amides is 5. The number of piperazine rings is 1. The molecule has 0 saturated carbocycles. The van der Waals surface area contributed by atoms with Crippen LogP contribution in [-0.4, -0.2) is 100.0 Å². The summed E-state index contributed by atoms with van der Waals surface area (Å²) in [5.41, 5.74) is 0.492. The van der Waals surface area contributed by atoms with E-state index in [2.05, 4.69) is 10.6 Å². The number of hydrogen-bond donors (Lipinski definition) is 3. The number of carbonyl (C=O) groups is 5. The highest BCUT2D eigenvalue weighted by atomic mass is 16.4. The van der Waals surface area contributed by atoms with Gasteiger partial charge in [-0.3, -0.25) is 24.3 Å². The maximum Gasteiger partial charge on any atom is 0.354 e. The van der Waals surface area contributed by atoms with Gasteiger partial charge in [0.2, 0.25) is 5.91 Å². The lowest BCUT2D eigenvalue weighted by Crippen LogP contribution is -2.59. The van der Waals surface area contributed by atoms with E-state index >= 15 is 0 Å². The molecule has 2 unspecified atom stereocenters. The highest BCUT2D eigenvalue weighted by Crippen LogP contribution is 2.28. The fourth-order valence-electron chi connectivity index (χ4n) is 4.55. The predicted octanol–water partition coefficient (Wildman–Crippen LogP) is -0.979. The van der Waals surface area contributed by atoms with Crippen molar-refractivity contribution in [2.75, 3.05) is 39.3 Å². The summed E-state index contributed by atoms with van der Waals surface area (Å²) in [7, 11) is 0. The van der Waals surface area contributed by atoms with Crippen molar-refractivity contribution >= 4 is 29.7 Å². The molecular weight excluding hydrogens is 470 g/mol. The molecular formula is C23H25N7O6. The van der Waals surface area contributed by atoms with E-state index in [1.165, 1.54) is 9.91 Å². The van der Waals surface area contributed by atoms with Crippen molar-refractivity contribution in [2.24, 2.45) is 0 Å². The summed E-state index contributed by atoms with van der Waals surface area (Å²) < 4.78 is 0. The lowest BCUT2D eigenvalue weighted by Gasteiger charge is -2.32. The van der Waals surface area contributed by atoms with Crippen LogP contribution in [0.25, 0.3) is 0 Å². The van der Waals surface area contributed by atoms with E-state index in [4.69, 9.17) is 0 Å². The molecule has 1 aromatic carbocycles. The fraction of sp³-hybridized carbons (Fsp3) is 0.391. The average Bonchev–Trinajstić information content (AvgIpc) is 3.41. The van der Waals surface area contributed by atoms with E-state index in [-0.39, 0.29) is 44.0 Å². The number of rotatable bonds is 6. The normalized spacial score (nSPS) is 20.8. The Bertz CT molecular complexity index is 1180. The molecule has 36 heavy (non-hydrogen) atoms. The standard InChI is InChI=1S/C23H25N7O6/c1-2-27-8-9-29(21(33)20(27)32)23(36)26-17(14-6-4-3-5-7-14)19(31)25-16-12-28-11-15(10-24)18(22(34)35)30(28)13-16/h3-7,16-17H,2,8-9,11-13H2,1H3,(H,25,31)(H,26,36)(H,34,35). The van der Waals surface area contributed by atoms with Crippen molar-refractivity contribution in [1.82, 2.24) is 30.5 Å². The van der Waals surface area contributed by atoms with Crippen molar-refractivity contribution in [1.29, 1.82) is 5.26 Å². The number of carboxylic acid groups (broad SMARTS) is 1. The molecule has 4 rings (SSSR count). The maximum absolute atomic E-state index is 13.3. The van der Waals surface area contributed by atoms with E-state index in [9.17, 15) is 34.3 Å². The lowest BCUT2D eigenvalue weighted by atomic mass is 10.1. The van der Waals surface area contributed by atoms with Gasteiger partial charge in [-0.05, 0) is 12.5 Å². The molecule has 2 atom stereocenters. The van der Waals surface area contributed by atoms with Gasteiger partial charge in [0.15, 0.2) is 5.70 Å². The Balaban J connectivity index is 1.48. The Morgan fingerprint density at radius 2 is 1.86 bits per heavy atom. The Hall–Kier alpha value is -4.44. The van der Waals surface area contributed by atoms with Crippen LogP contribution in [0, 0.1) is 11.3 Å². The van der Waals surface area contributed by atoms with Crippen LogP contribution >= 0.6 is 0 Å². The number of hydrogen-bond acceptors (Lipinski definition) is 8. The Kier molecular flexibility index (Phi) is 6.89. The first-order valence-electron chi connectivity index (χ1n) is 11.4. The minimum Gasteiger partial charge on any atom is -0.477 e. The second-order valence-electron chi connectivity index (χ2n) is 8.51. The predicted molar refractivity (Wildman–Crippen MR) is 122 cm³/mol. The van der Waals surface area contributed by atoms with Gasteiger partial charge in [0, 0.05) is 26.2 Å². The molecule has 3 aliphatic heterocycles. The van der Waals surface area contributed by atoms with Crippen LogP contribution in [0.15, 0.2) is 41.6 Å². The molecule has 13 heteroatoms. The number of nitrogens with zero attached hydrogens (tertiary/aromatic N) is 5. The van der Waals surface area contributed by atoms with E-state index in [0.29, 0.717) is 12.1 Å². The third-order valence-corrected chi connectivity index (χ3v) is 6.33. The monoisotopic (exact) mass is 495 g/mol. The molecule has 1 aromatic rings. The van der Waals surface area contributed by atoms with Gasteiger partial charge in [-0.1, -0.05) is 30.3 Å². The SMILES string of the molecule is CCN1CCN(C(=O)NC(C(=O)NC2CN3CC(C#N)=C(C(=O)O)N3C2)c2ccccc2)C(=O)C1=O. The van der Waals surface area contributed by atoms with Gasteiger partial charge in [-0.25, -0.2) is 14.6 Å². The van der Waals surface area contributed by atoms with E-state index in [0.717, 1.165) is 4.90 Å². The number of carboxylic acids is 1. The zero-order chi connectivity index (χ0) is 26.0. The molecule has 0 aliphatic carbocycles. The number of likely N-dealkylation sites (N-methyl/N-ethyl adjacent to an activating group) is 1. The number of carbonyl (C=O) groups excluding carboxylic acids is 4. The first-order chi connectivity index (χ1) is 17.2. The number of hydrazine groups is 1. The lowest BCUT2D eigenvalue weighted by molar-refractivity contribution is -0.153. The van der Waals surface area contributed by atoms with Gasteiger partial charge in [-0.15, -0.1) is 0 Å². The molecule has 3 heterocycles. The van der Waals surface area contributed by atoms with Gasteiger partial charge in [0.25, 0.3) is 0 Å². The molecule has 0 bridgehead atoms. The second-order valence-corrected chi connectivity index (χ2v) is 8.51. The molecule has 3 aliphatic rings. The summed E-state index contributed by atoms with van der Waals surface area (Å²) in [6, 6.07) is 7.83. The summed E-state index contributed by atoms with van der Waals surface area (Å²) in [4.78, 5) is 64.6. The largest absolute Gasteiger partial charge is 0.477 e. The molecule has 2 saturated heterocycles. The maximum atomic E-state index is 13.3. The number of imide groups is 1. The minimum atomic E-state index is -1.22. The van der Waals surface area contributed by atoms with E-state index < -0.39 is 41.8 Å². The highest BCUT2D eigenvalue weighted by molar-refractivity contribution is 6.38. The van der Waals surface area contributed by atoms with Crippen LogP contribution in [0.5, 0.6) is 0 Å². The molecule has 0 spiro atoms. The molecule has 3 N–H and O–H groups in total. The molecule has 2 fully saturated rings. The zero-order valence-electron chi connectivity index (χ0n) is 19.5. The molecule has 0 radical (unpaired) electrons. The molecule has 13 nitrogen and oxygen atoms in total. The van der Waals surface area contributed by atoms with Crippen LogP contribution in [0.3, 0.4) is 0 Å². The van der Waals surface area contributed by atoms with Crippen LogP contribution in [0.1, 0.15) is 18.5 Å². The number of benzene rings is 1.